The molecular weight excluding hydrogens is 258 g/mol. The van der Waals surface area contributed by atoms with Crippen LogP contribution in [0, 0.1) is 13.8 Å². The highest BCUT2D eigenvalue weighted by molar-refractivity contribution is 5.31. The molecule has 3 heteroatoms. The predicted octanol–water partition coefficient (Wildman–Crippen LogP) is 2.59. The van der Waals surface area contributed by atoms with Gasteiger partial charge < -0.3 is 15.1 Å². The molecule has 2 atom stereocenters. The minimum atomic E-state index is 0.452. The summed E-state index contributed by atoms with van der Waals surface area (Å²) in [6, 6.07) is 7.99. The van der Waals surface area contributed by atoms with Crippen molar-refractivity contribution in [1.82, 2.24) is 15.1 Å². The maximum atomic E-state index is 3.68. The lowest BCUT2D eigenvalue weighted by molar-refractivity contribution is 0.101. The van der Waals surface area contributed by atoms with Crippen molar-refractivity contribution in [1.29, 1.82) is 0 Å². The fourth-order valence-corrected chi connectivity index (χ4v) is 3.19. The predicted molar refractivity (Wildman–Crippen MR) is 90.9 cm³/mol. The third kappa shape index (κ3) is 4.29. The monoisotopic (exact) mass is 289 g/mol. The number of nitrogens with zero attached hydrogens (tertiary/aromatic N) is 2. The van der Waals surface area contributed by atoms with E-state index in [1.54, 1.807) is 0 Å². The Labute approximate surface area is 130 Å². The molecule has 1 N–H and O–H groups in total. The van der Waals surface area contributed by atoms with Crippen LogP contribution in [-0.2, 0) is 0 Å². The van der Waals surface area contributed by atoms with E-state index < -0.39 is 0 Å². The number of likely N-dealkylation sites (N-methyl/N-ethyl adjacent to an activating group) is 2. The summed E-state index contributed by atoms with van der Waals surface area (Å²) in [6.07, 6.45) is 1.18. The molecule has 0 amide bonds. The minimum absolute atomic E-state index is 0.452. The van der Waals surface area contributed by atoms with Crippen LogP contribution in [-0.4, -0.2) is 56.1 Å². The standard InChI is InChI=1S/C18H31N3/c1-6-19-18(16-8-7-14(2)15(3)11-16)12-17-13-20(4)9-10-21(17)5/h7-8,11,17-19H,6,9-10,12-13H2,1-5H3. The average molecular weight is 289 g/mol. The fourth-order valence-electron chi connectivity index (χ4n) is 3.19. The number of hydrogen-bond acceptors (Lipinski definition) is 3. The summed E-state index contributed by atoms with van der Waals surface area (Å²) in [7, 11) is 4.50. The molecule has 0 aliphatic carbocycles. The SMILES string of the molecule is CCNC(CC1CN(C)CCN1C)c1ccc(C)c(C)c1. The maximum absolute atomic E-state index is 3.68. The van der Waals surface area contributed by atoms with Crippen LogP contribution in [0.3, 0.4) is 0 Å². The number of rotatable bonds is 5. The topological polar surface area (TPSA) is 18.5 Å². The molecule has 1 aliphatic heterocycles. The molecule has 0 saturated carbocycles. The van der Waals surface area contributed by atoms with E-state index >= 15 is 0 Å². The van der Waals surface area contributed by atoms with Gasteiger partial charge in [0.25, 0.3) is 0 Å². The molecule has 1 heterocycles. The minimum Gasteiger partial charge on any atom is -0.310 e. The number of nitrogens with one attached hydrogen (secondary N) is 1. The lowest BCUT2D eigenvalue weighted by atomic mass is 9.94. The van der Waals surface area contributed by atoms with E-state index in [-0.39, 0.29) is 0 Å². The van der Waals surface area contributed by atoms with Gasteiger partial charge in [0, 0.05) is 31.7 Å². The van der Waals surface area contributed by atoms with Crippen LogP contribution in [0.1, 0.15) is 36.1 Å². The third-order valence-electron chi connectivity index (χ3n) is 4.87. The average Bonchev–Trinajstić information content (AvgIpc) is 2.45. The van der Waals surface area contributed by atoms with Crippen LogP contribution < -0.4 is 5.32 Å². The summed E-state index contributed by atoms with van der Waals surface area (Å²) in [4.78, 5) is 4.97. The fraction of sp³-hybridized carbons (Fsp3) is 0.667. The van der Waals surface area contributed by atoms with E-state index in [2.05, 4.69) is 68.2 Å². The Morgan fingerprint density at radius 3 is 2.62 bits per heavy atom. The summed E-state index contributed by atoms with van der Waals surface area (Å²) in [6.45, 7) is 11.1. The molecule has 1 aromatic carbocycles. The first-order valence-electron chi connectivity index (χ1n) is 8.20. The van der Waals surface area contributed by atoms with Gasteiger partial charge in [-0.2, -0.15) is 0 Å². The smallest absolute Gasteiger partial charge is 0.0335 e. The summed E-state index contributed by atoms with van der Waals surface area (Å²) in [5.74, 6) is 0. The summed E-state index contributed by atoms with van der Waals surface area (Å²) in [5.41, 5.74) is 4.20. The molecule has 2 rings (SSSR count). The first kappa shape index (κ1) is 16.5. The van der Waals surface area contributed by atoms with Crippen LogP contribution in [0.4, 0.5) is 0 Å². The maximum Gasteiger partial charge on any atom is 0.0335 e. The van der Waals surface area contributed by atoms with Crippen molar-refractivity contribution in [2.45, 2.75) is 39.3 Å². The summed E-state index contributed by atoms with van der Waals surface area (Å²) in [5, 5.41) is 3.68. The quantitative estimate of drug-likeness (QED) is 0.899. The molecule has 0 radical (unpaired) electrons. The van der Waals surface area contributed by atoms with Gasteiger partial charge in [0.15, 0.2) is 0 Å². The molecule has 1 saturated heterocycles. The molecular formula is C18H31N3. The molecule has 1 aliphatic rings. The van der Waals surface area contributed by atoms with Crippen LogP contribution in [0.15, 0.2) is 18.2 Å². The Balaban J connectivity index is 2.12. The normalized spacial score (nSPS) is 22.4. The van der Waals surface area contributed by atoms with E-state index in [0.29, 0.717) is 12.1 Å². The first-order chi connectivity index (χ1) is 10.0. The third-order valence-corrected chi connectivity index (χ3v) is 4.87. The Morgan fingerprint density at radius 1 is 1.19 bits per heavy atom. The van der Waals surface area contributed by atoms with E-state index in [9.17, 15) is 0 Å². The number of hydrogen-bond donors (Lipinski definition) is 1. The lowest BCUT2D eigenvalue weighted by Gasteiger charge is -2.39. The van der Waals surface area contributed by atoms with Crippen molar-refractivity contribution in [2.24, 2.45) is 0 Å². The molecule has 118 valence electrons. The van der Waals surface area contributed by atoms with Crippen LogP contribution in [0.25, 0.3) is 0 Å². The van der Waals surface area contributed by atoms with Crippen molar-refractivity contribution in [2.75, 3.05) is 40.3 Å². The zero-order valence-corrected chi connectivity index (χ0v) is 14.3. The molecule has 0 bridgehead atoms. The van der Waals surface area contributed by atoms with Crippen molar-refractivity contribution < 1.29 is 0 Å². The second-order valence-corrected chi connectivity index (χ2v) is 6.59. The second kappa shape index (κ2) is 7.39. The van der Waals surface area contributed by atoms with E-state index in [1.165, 1.54) is 42.7 Å². The van der Waals surface area contributed by atoms with Crippen LogP contribution >= 0.6 is 0 Å². The molecule has 1 fully saturated rings. The van der Waals surface area contributed by atoms with E-state index in [0.717, 1.165) is 6.54 Å². The van der Waals surface area contributed by atoms with Crippen LogP contribution in [0.5, 0.6) is 0 Å². The zero-order chi connectivity index (χ0) is 15.4. The van der Waals surface area contributed by atoms with Gasteiger partial charge in [-0.15, -0.1) is 0 Å². The summed E-state index contributed by atoms with van der Waals surface area (Å²) >= 11 is 0. The highest BCUT2D eigenvalue weighted by Crippen LogP contribution is 2.24. The highest BCUT2D eigenvalue weighted by Gasteiger charge is 2.25. The van der Waals surface area contributed by atoms with Gasteiger partial charge in [-0.25, -0.2) is 0 Å². The second-order valence-electron chi connectivity index (χ2n) is 6.59. The van der Waals surface area contributed by atoms with Gasteiger partial charge in [-0.3, -0.25) is 0 Å². The molecule has 21 heavy (non-hydrogen) atoms. The lowest BCUT2D eigenvalue weighted by Crippen LogP contribution is -2.51. The number of benzene rings is 1. The largest absolute Gasteiger partial charge is 0.310 e. The van der Waals surface area contributed by atoms with Crippen molar-refractivity contribution in [3.8, 4) is 0 Å². The van der Waals surface area contributed by atoms with Gasteiger partial charge >= 0.3 is 0 Å². The Hall–Kier alpha value is -0.900. The molecule has 0 aromatic heterocycles. The van der Waals surface area contributed by atoms with Gasteiger partial charge in [-0.1, -0.05) is 25.1 Å². The van der Waals surface area contributed by atoms with Crippen molar-refractivity contribution in [3.63, 3.8) is 0 Å². The van der Waals surface area contributed by atoms with E-state index in [1.807, 2.05) is 0 Å². The summed E-state index contributed by atoms with van der Waals surface area (Å²) < 4.78 is 0. The van der Waals surface area contributed by atoms with Gasteiger partial charge in [0.05, 0.1) is 0 Å². The zero-order valence-electron chi connectivity index (χ0n) is 14.3. The van der Waals surface area contributed by atoms with Crippen molar-refractivity contribution >= 4 is 0 Å². The molecule has 0 spiro atoms. The molecule has 3 nitrogen and oxygen atoms in total. The van der Waals surface area contributed by atoms with E-state index in [4.69, 9.17) is 0 Å². The Kier molecular flexibility index (Phi) is 5.80. The molecule has 1 aromatic rings. The van der Waals surface area contributed by atoms with Gasteiger partial charge in [-0.05, 0) is 57.6 Å². The van der Waals surface area contributed by atoms with Gasteiger partial charge in [0.2, 0.25) is 0 Å². The molecule has 2 unspecified atom stereocenters. The van der Waals surface area contributed by atoms with Crippen LogP contribution in [0.2, 0.25) is 0 Å². The van der Waals surface area contributed by atoms with Crippen molar-refractivity contribution in [3.05, 3.63) is 34.9 Å². The Morgan fingerprint density at radius 2 is 1.95 bits per heavy atom. The van der Waals surface area contributed by atoms with Gasteiger partial charge in [0.1, 0.15) is 0 Å². The highest BCUT2D eigenvalue weighted by atomic mass is 15.3. The Bertz CT molecular complexity index is 458. The number of piperazine rings is 1. The first-order valence-corrected chi connectivity index (χ1v) is 8.20. The number of aryl methyl sites for hydroxylation is 2.